The minimum atomic E-state index is 1.07. The number of para-hydroxylation sites is 4. The van der Waals surface area contributed by atoms with Crippen molar-refractivity contribution >= 4 is 49.6 Å². The van der Waals surface area contributed by atoms with Crippen LogP contribution in [0.15, 0.2) is 267 Å². The van der Waals surface area contributed by atoms with E-state index in [0.717, 1.165) is 45.0 Å². The Morgan fingerprint density at radius 2 is 0.758 bits per heavy atom. The summed E-state index contributed by atoms with van der Waals surface area (Å²) in [6, 6.07) is 97.0. The van der Waals surface area contributed by atoms with Crippen molar-refractivity contribution in [1.82, 2.24) is 4.57 Å². The minimum Gasteiger partial charge on any atom is -0.310 e. The van der Waals surface area contributed by atoms with Gasteiger partial charge in [-0.3, -0.25) is 0 Å². The van der Waals surface area contributed by atoms with E-state index in [0.29, 0.717) is 0 Å². The summed E-state index contributed by atoms with van der Waals surface area (Å²) in [5, 5.41) is 5.01. The number of hydrogen-bond donors (Lipinski definition) is 0. The van der Waals surface area contributed by atoms with Gasteiger partial charge in [0, 0.05) is 33.3 Å². The summed E-state index contributed by atoms with van der Waals surface area (Å²) in [5.74, 6) is 0. The Kier molecular flexibility index (Phi) is 9.89. The molecule has 0 aliphatic carbocycles. The van der Waals surface area contributed by atoms with Gasteiger partial charge in [-0.2, -0.15) is 0 Å². The quantitative estimate of drug-likeness (QED) is 0.141. The molecule has 2 heteroatoms. The SMILES string of the molecule is c1ccc(-c2cc(N(c3cccc(-c4ccc(-c5cccc6ccccc56)cc4)c3)c3ccccc3-c3ccccc3)ccc2-c2ccccc2-n2c3ccccc3c3ccccc32)cc1. The zero-order valence-electron chi connectivity index (χ0n) is 36.3. The van der Waals surface area contributed by atoms with Gasteiger partial charge in [0.25, 0.3) is 0 Å². The fraction of sp³-hybridized carbons (Fsp3) is 0. The topological polar surface area (TPSA) is 8.17 Å². The number of benzene rings is 11. The zero-order chi connectivity index (χ0) is 43.8. The van der Waals surface area contributed by atoms with Gasteiger partial charge in [-0.1, -0.05) is 218 Å². The normalized spacial score (nSPS) is 11.3. The van der Waals surface area contributed by atoms with Gasteiger partial charge >= 0.3 is 0 Å². The lowest BCUT2D eigenvalue weighted by Crippen LogP contribution is -2.12. The van der Waals surface area contributed by atoms with E-state index in [4.69, 9.17) is 0 Å². The van der Waals surface area contributed by atoms with Crippen molar-refractivity contribution in [2.75, 3.05) is 4.90 Å². The molecule has 0 aliphatic rings. The molecule has 0 N–H and O–H groups in total. The van der Waals surface area contributed by atoms with E-state index in [2.05, 4.69) is 276 Å². The van der Waals surface area contributed by atoms with Crippen LogP contribution in [0, 0.1) is 0 Å². The molecule has 1 aromatic heterocycles. The molecule has 0 bridgehead atoms. The summed E-state index contributed by atoms with van der Waals surface area (Å²) in [5.41, 5.74) is 18.5. The predicted molar refractivity (Wildman–Crippen MR) is 280 cm³/mol. The molecule has 0 atom stereocenters. The van der Waals surface area contributed by atoms with Crippen LogP contribution in [0.2, 0.25) is 0 Å². The lowest BCUT2D eigenvalue weighted by molar-refractivity contribution is 1.18. The van der Waals surface area contributed by atoms with Crippen LogP contribution in [-0.2, 0) is 0 Å². The lowest BCUT2D eigenvalue weighted by Gasteiger charge is -2.29. The minimum absolute atomic E-state index is 1.07. The summed E-state index contributed by atoms with van der Waals surface area (Å²) in [6.07, 6.45) is 0. The molecule has 0 saturated heterocycles. The molecule has 310 valence electrons. The molecule has 0 amide bonds. The zero-order valence-corrected chi connectivity index (χ0v) is 36.3. The van der Waals surface area contributed by atoms with Gasteiger partial charge in [-0.25, -0.2) is 0 Å². The van der Waals surface area contributed by atoms with Crippen molar-refractivity contribution in [3.8, 4) is 61.3 Å². The maximum atomic E-state index is 2.44. The van der Waals surface area contributed by atoms with E-state index in [1.54, 1.807) is 0 Å². The van der Waals surface area contributed by atoms with Gasteiger partial charge in [-0.05, 0) is 104 Å². The second-order valence-corrected chi connectivity index (χ2v) is 16.9. The third kappa shape index (κ3) is 6.93. The Morgan fingerprint density at radius 1 is 0.258 bits per heavy atom. The Morgan fingerprint density at radius 3 is 1.50 bits per heavy atom. The number of anilines is 3. The first-order valence-corrected chi connectivity index (χ1v) is 22.7. The molecule has 0 spiro atoms. The van der Waals surface area contributed by atoms with Crippen LogP contribution in [0.5, 0.6) is 0 Å². The average Bonchev–Trinajstić information content (AvgIpc) is 3.73. The highest BCUT2D eigenvalue weighted by Crippen LogP contribution is 2.46. The Labute approximate surface area is 385 Å². The van der Waals surface area contributed by atoms with Crippen LogP contribution in [-0.4, -0.2) is 4.57 Å². The molecule has 66 heavy (non-hydrogen) atoms. The van der Waals surface area contributed by atoms with Crippen molar-refractivity contribution in [2.24, 2.45) is 0 Å². The Bertz CT molecular complexity index is 3640. The van der Waals surface area contributed by atoms with Crippen molar-refractivity contribution in [1.29, 1.82) is 0 Å². The molecule has 0 saturated carbocycles. The first-order chi connectivity index (χ1) is 32.8. The number of hydrogen-bond acceptors (Lipinski definition) is 1. The summed E-state index contributed by atoms with van der Waals surface area (Å²) >= 11 is 0. The fourth-order valence-electron chi connectivity index (χ4n) is 9.94. The fourth-order valence-corrected chi connectivity index (χ4v) is 9.94. The van der Waals surface area contributed by atoms with Crippen LogP contribution < -0.4 is 4.90 Å². The van der Waals surface area contributed by atoms with E-state index in [-0.39, 0.29) is 0 Å². The third-order valence-corrected chi connectivity index (χ3v) is 13.0. The third-order valence-electron chi connectivity index (χ3n) is 13.0. The molecular formula is C64H44N2. The van der Waals surface area contributed by atoms with Crippen molar-refractivity contribution < 1.29 is 0 Å². The van der Waals surface area contributed by atoms with Gasteiger partial charge < -0.3 is 9.47 Å². The van der Waals surface area contributed by atoms with Crippen molar-refractivity contribution in [2.45, 2.75) is 0 Å². The molecule has 12 rings (SSSR count). The molecule has 0 fully saturated rings. The summed E-state index contributed by atoms with van der Waals surface area (Å²) in [6.45, 7) is 0. The Balaban J connectivity index is 1.04. The number of rotatable bonds is 9. The van der Waals surface area contributed by atoms with Crippen LogP contribution in [0.25, 0.3) is 93.9 Å². The van der Waals surface area contributed by atoms with Gasteiger partial charge in [-0.15, -0.1) is 0 Å². The first kappa shape index (κ1) is 38.9. The van der Waals surface area contributed by atoms with Crippen LogP contribution in [0.1, 0.15) is 0 Å². The van der Waals surface area contributed by atoms with E-state index < -0.39 is 0 Å². The lowest BCUT2D eigenvalue weighted by atomic mass is 9.92. The summed E-state index contributed by atoms with van der Waals surface area (Å²) in [7, 11) is 0. The summed E-state index contributed by atoms with van der Waals surface area (Å²) in [4.78, 5) is 2.44. The highest BCUT2D eigenvalue weighted by atomic mass is 15.1. The maximum Gasteiger partial charge on any atom is 0.0541 e. The van der Waals surface area contributed by atoms with Crippen molar-refractivity contribution in [3.05, 3.63) is 267 Å². The highest BCUT2D eigenvalue weighted by Gasteiger charge is 2.22. The summed E-state index contributed by atoms with van der Waals surface area (Å²) < 4.78 is 2.44. The second-order valence-electron chi connectivity index (χ2n) is 16.9. The van der Waals surface area contributed by atoms with Gasteiger partial charge in [0.05, 0.1) is 22.4 Å². The van der Waals surface area contributed by atoms with E-state index in [9.17, 15) is 0 Å². The maximum absolute atomic E-state index is 2.44. The van der Waals surface area contributed by atoms with Gasteiger partial charge in [0.1, 0.15) is 0 Å². The molecule has 11 aromatic carbocycles. The smallest absolute Gasteiger partial charge is 0.0541 e. The van der Waals surface area contributed by atoms with Crippen LogP contribution >= 0.6 is 0 Å². The Hall–Kier alpha value is -8.72. The van der Waals surface area contributed by atoms with Crippen LogP contribution in [0.4, 0.5) is 17.1 Å². The number of nitrogens with zero attached hydrogens (tertiary/aromatic N) is 2. The van der Waals surface area contributed by atoms with Gasteiger partial charge in [0.15, 0.2) is 0 Å². The van der Waals surface area contributed by atoms with Crippen molar-refractivity contribution in [3.63, 3.8) is 0 Å². The van der Waals surface area contributed by atoms with E-state index in [1.165, 1.54) is 66.0 Å². The predicted octanol–water partition coefficient (Wildman–Crippen LogP) is 17.7. The van der Waals surface area contributed by atoms with E-state index in [1.807, 2.05) is 0 Å². The number of fused-ring (bicyclic) bond motifs is 4. The largest absolute Gasteiger partial charge is 0.310 e. The highest BCUT2D eigenvalue weighted by molar-refractivity contribution is 6.10. The molecule has 2 nitrogen and oxygen atoms in total. The van der Waals surface area contributed by atoms with Crippen LogP contribution in [0.3, 0.4) is 0 Å². The molecular weight excluding hydrogens is 797 g/mol. The second kappa shape index (κ2) is 16.8. The van der Waals surface area contributed by atoms with E-state index >= 15 is 0 Å². The standard InChI is InChI=1S/C64H44N2/c1-3-19-47(20-4-1)55-28-9-13-33-61(55)65(51-26-17-25-50(43-51)45-37-39-49(40-38-45)54-32-18-24-46-23-7-8-27-53(46)54)52-41-42-56(60(44-52)48-21-5-2-6-22-48)57-29-10-14-34-62(57)66-63-35-15-11-30-58(63)59-31-12-16-36-64(59)66/h1-44H. The molecule has 0 unspecified atom stereocenters. The molecule has 0 aliphatic heterocycles. The molecule has 0 radical (unpaired) electrons. The first-order valence-electron chi connectivity index (χ1n) is 22.7. The number of aromatic nitrogens is 1. The average molecular weight is 841 g/mol. The molecule has 1 heterocycles. The van der Waals surface area contributed by atoms with Gasteiger partial charge in [0.2, 0.25) is 0 Å². The molecule has 12 aromatic rings. The monoisotopic (exact) mass is 840 g/mol.